The minimum atomic E-state index is -0.399. The fourth-order valence-electron chi connectivity index (χ4n) is 3.68. The minimum absolute atomic E-state index is 0.0204. The van der Waals surface area contributed by atoms with Crippen molar-refractivity contribution in [3.63, 3.8) is 0 Å². The largest absolute Gasteiger partial charge is 0.490 e. The predicted octanol–water partition coefficient (Wildman–Crippen LogP) is 2.66. The van der Waals surface area contributed by atoms with E-state index in [-0.39, 0.29) is 18.0 Å². The molecular formula is C22H36N3O4+. The lowest BCUT2D eigenvalue weighted by atomic mass is 9.96. The van der Waals surface area contributed by atoms with Gasteiger partial charge in [0.15, 0.2) is 17.5 Å². The summed E-state index contributed by atoms with van der Waals surface area (Å²) in [6.07, 6.45) is 5.46. The zero-order chi connectivity index (χ0) is 21.2. The Morgan fingerprint density at radius 3 is 2.38 bits per heavy atom. The zero-order valence-electron chi connectivity index (χ0n) is 18.1. The summed E-state index contributed by atoms with van der Waals surface area (Å²) in [4.78, 5) is 24.5. The summed E-state index contributed by atoms with van der Waals surface area (Å²) < 4.78 is 11.3. The first-order valence-electron chi connectivity index (χ1n) is 10.8. The Morgan fingerprint density at radius 2 is 1.72 bits per heavy atom. The maximum atomic E-state index is 12.4. The molecule has 0 unspecified atom stereocenters. The van der Waals surface area contributed by atoms with Gasteiger partial charge in [0.25, 0.3) is 5.91 Å². The molecule has 0 spiro atoms. The van der Waals surface area contributed by atoms with E-state index in [2.05, 4.69) is 10.6 Å². The van der Waals surface area contributed by atoms with Crippen molar-refractivity contribution in [2.75, 3.05) is 13.2 Å². The number of ether oxygens (including phenoxy) is 2. The highest BCUT2D eigenvalue weighted by molar-refractivity contribution is 5.96. The van der Waals surface area contributed by atoms with Gasteiger partial charge in [-0.15, -0.1) is 0 Å². The second kappa shape index (κ2) is 11.7. The van der Waals surface area contributed by atoms with Gasteiger partial charge in [0.2, 0.25) is 0 Å². The van der Waals surface area contributed by atoms with Gasteiger partial charge in [-0.25, -0.2) is 4.79 Å². The second-order valence-electron chi connectivity index (χ2n) is 7.64. The minimum Gasteiger partial charge on any atom is -0.490 e. The van der Waals surface area contributed by atoms with Crippen molar-refractivity contribution in [3.8, 4) is 11.5 Å². The molecule has 7 heteroatoms. The summed E-state index contributed by atoms with van der Waals surface area (Å²) in [5, 5.41) is 7.33. The molecule has 1 saturated carbocycles. The van der Waals surface area contributed by atoms with Crippen LogP contribution in [0.2, 0.25) is 0 Å². The van der Waals surface area contributed by atoms with E-state index in [1.54, 1.807) is 6.92 Å². The van der Waals surface area contributed by atoms with E-state index < -0.39 is 12.1 Å². The normalized spacial score (nSPS) is 16.6. The van der Waals surface area contributed by atoms with Gasteiger partial charge in [0, 0.05) is 11.6 Å². The van der Waals surface area contributed by atoms with Crippen LogP contribution in [-0.4, -0.2) is 37.2 Å². The number of nitrogens with one attached hydrogen (secondary N) is 2. The van der Waals surface area contributed by atoms with Crippen LogP contribution < -0.4 is 25.4 Å². The van der Waals surface area contributed by atoms with E-state index in [1.165, 1.54) is 6.42 Å². The zero-order valence-corrected chi connectivity index (χ0v) is 18.1. The number of quaternary nitrogens is 1. The molecule has 0 radical (unpaired) electrons. The molecule has 1 aromatic rings. The average molecular weight is 407 g/mol. The van der Waals surface area contributed by atoms with Crippen LogP contribution >= 0.6 is 0 Å². The van der Waals surface area contributed by atoms with Gasteiger partial charge < -0.3 is 20.1 Å². The van der Waals surface area contributed by atoms with Crippen LogP contribution in [0.5, 0.6) is 11.5 Å². The molecule has 0 saturated heterocycles. The molecule has 1 aromatic carbocycles. The Balaban J connectivity index is 1.89. The van der Waals surface area contributed by atoms with Gasteiger partial charge in [-0.1, -0.05) is 19.3 Å². The first kappa shape index (κ1) is 23.0. The number of urea groups is 1. The molecule has 0 bridgehead atoms. The highest BCUT2D eigenvalue weighted by Crippen LogP contribution is 2.30. The van der Waals surface area contributed by atoms with E-state index in [9.17, 15) is 9.59 Å². The molecule has 29 heavy (non-hydrogen) atoms. The first-order chi connectivity index (χ1) is 13.9. The van der Waals surface area contributed by atoms with Crippen molar-refractivity contribution in [1.29, 1.82) is 0 Å². The predicted molar refractivity (Wildman–Crippen MR) is 112 cm³/mol. The van der Waals surface area contributed by atoms with E-state index in [0.29, 0.717) is 19.0 Å². The molecule has 162 valence electrons. The smallest absolute Gasteiger partial charge is 0.321 e. The van der Waals surface area contributed by atoms with Gasteiger partial charge in [0.05, 0.1) is 13.2 Å². The van der Waals surface area contributed by atoms with Crippen LogP contribution in [0.3, 0.4) is 0 Å². The van der Waals surface area contributed by atoms with E-state index in [4.69, 9.17) is 9.47 Å². The number of benzene rings is 1. The van der Waals surface area contributed by atoms with Crippen molar-refractivity contribution in [2.24, 2.45) is 0 Å². The Kier molecular flexibility index (Phi) is 9.25. The van der Waals surface area contributed by atoms with Crippen LogP contribution in [0.4, 0.5) is 4.79 Å². The van der Waals surface area contributed by atoms with Crippen molar-refractivity contribution < 1.29 is 24.4 Å². The number of nitrogens with two attached hydrogens (primary N) is 1. The summed E-state index contributed by atoms with van der Waals surface area (Å²) >= 11 is 0. The standard InChI is InChI=1S/C22H35N3O4/c1-5-28-19-13-12-17(14-20(19)29-6-2)15(3)23-16(4)21(26)25-22(27)24-18-10-8-7-9-11-18/h12-16,18,23H,5-11H2,1-4H3,(H2,24,25,26,27)/p+1/t15-,16-/m0/s1. The molecule has 4 N–H and O–H groups in total. The van der Waals surface area contributed by atoms with Crippen LogP contribution in [0.1, 0.15) is 71.4 Å². The Hall–Kier alpha value is -2.28. The summed E-state index contributed by atoms with van der Waals surface area (Å²) in [5.74, 6) is 1.13. The fraction of sp³-hybridized carbons (Fsp3) is 0.636. The lowest BCUT2D eigenvalue weighted by Crippen LogP contribution is -2.92. The molecule has 0 aliphatic heterocycles. The van der Waals surface area contributed by atoms with Gasteiger partial charge in [-0.2, -0.15) is 0 Å². The maximum Gasteiger partial charge on any atom is 0.321 e. The number of rotatable bonds is 9. The Bertz CT molecular complexity index is 674. The molecule has 2 rings (SSSR count). The van der Waals surface area contributed by atoms with Crippen LogP contribution in [-0.2, 0) is 4.79 Å². The summed E-state index contributed by atoms with van der Waals surface area (Å²) in [6, 6.07) is 5.24. The van der Waals surface area contributed by atoms with Gasteiger partial charge in [-0.3, -0.25) is 10.1 Å². The molecule has 0 aromatic heterocycles. The highest BCUT2D eigenvalue weighted by atomic mass is 16.5. The molecule has 3 amide bonds. The summed E-state index contributed by atoms with van der Waals surface area (Å²) in [7, 11) is 0. The maximum absolute atomic E-state index is 12.4. The SMILES string of the molecule is CCOc1ccc([C@H](C)[NH2+][C@@H](C)C(=O)NC(=O)NC2CCCCC2)cc1OCC. The summed E-state index contributed by atoms with van der Waals surface area (Å²) in [6.45, 7) is 8.82. The van der Waals surface area contributed by atoms with Gasteiger partial charge >= 0.3 is 6.03 Å². The number of hydrogen-bond acceptors (Lipinski definition) is 4. The quantitative estimate of drug-likeness (QED) is 0.588. The fourth-order valence-corrected chi connectivity index (χ4v) is 3.68. The lowest BCUT2D eigenvalue weighted by molar-refractivity contribution is -0.710. The number of imide groups is 1. The van der Waals surface area contributed by atoms with Crippen LogP contribution in [0, 0.1) is 0 Å². The molecule has 1 aliphatic carbocycles. The lowest BCUT2D eigenvalue weighted by Gasteiger charge is -2.23. The topological polar surface area (TPSA) is 93.3 Å². The van der Waals surface area contributed by atoms with Gasteiger partial charge in [0.1, 0.15) is 6.04 Å². The third-order valence-corrected chi connectivity index (χ3v) is 5.26. The second-order valence-corrected chi connectivity index (χ2v) is 7.64. The third-order valence-electron chi connectivity index (χ3n) is 5.26. The van der Waals surface area contributed by atoms with Crippen LogP contribution in [0.25, 0.3) is 0 Å². The number of carbonyl (C=O) groups is 2. The van der Waals surface area contributed by atoms with E-state index in [1.807, 2.05) is 44.3 Å². The van der Waals surface area contributed by atoms with Gasteiger partial charge in [-0.05, 0) is 58.7 Å². The van der Waals surface area contributed by atoms with E-state index in [0.717, 1.165) is 37.0 Å². The monoisotopic (exact) mass is 406 g/mol. The molecule has 2 atom stereocenters. The first-order valence-corrected chi connectivity index (χ1v) is 10.8. The molecule has 7 nitrogen and oxygen atoms in total. The molecule has 1 fully saturated rings. The Morgan fingerprint density at radius 1 is 1.07 bits per heavy atom. The highest BCUT2D eigenvalue weighted by Gasteiger charge is 2.24. The van der Waals surface area contributed by atoms with Crippen molar-refractivity contribution in [3.05, 3.63) is 23.8 Å². The van der Waals surface area contributed by atoms with Crippen molar-refractivity contribution in [2.45, 2.75) is 77.9 Å². The molecular weight excluding hydrogens is 370 g/mol. The summed E-state index contributed by atoms with van der Waals surface area (Å²) in [5.41, 5.74) is 1.03. The van der Waals surface area contributed by atoms with E-state index >= 15 is 0 Å². The van der Waals surface area contributed by atoms with Crippen molar-refractivity contribution >= 4 is 11.9 Å². The van der Waals surface area contributed by atoms with Crippen LogP contribution in [0.15, 0.2) is 18.2 Å². The average Bonchev–Trinajstić information content (AvgIpc) is 2.70. The third kappa shape index (κ3) is 7.24. The number of carbonyl (C=O) groups excluding carboxylic acids is 2. The molecule has 1 aliphatic rings. The van der Waals surface area contributed by atoms with Crippen molar-refractivity contribution in [1.82, 2.24) is 10.6 Å². The Labute approximate surface area is 173 Å². The molecule has 0 heterocycles. The number of hydrogen-bond donors (Lipinski definition) is 3. The number of amides is 3.